The monoisotopic (exact) mass is 530 g/mol. The van der Waals surface area contributed by atoms with Crippen molar-refractivity contribution in [2.75, 3.05) is 0 Å². The molecule has 38 heavy (non-hydrogen) atoms. The number of amides is 2. The van der Waals surface area contributed by atoms with Crippen molar-refractivity contribution in [1.82, 2.24) is 15.6 Å². The van der Waals surface area contributed by atoms with Crippen LogP contribution in [0.4, 0.5) is 23.7 Å². The molecular weight excluding hydrogens is 513 g/mol. The van der Waals surface area contributed by atoms with Gasteiger partial charge in [0.05, 0.1) is 16.5 Å². The quantitative estimate of drug-likeness (QED) is 0.144. The lowest BCUT2D eigenvalue weighted by Crippen LogP contribution is -2.72. The molecule has 0 saturated carbocycles. The summed E-state index contributed by atoms with van der Waals surface area (Å²) in [5.41, 5.74) is -4.62. The molecule has 0 spiro atoms. The Bertz CT molecular complexity index is 1400. The highest BCUT2D eigenvalue weighted by Crippen LogP contribution is 2.44. The Morgan fingerprint density at radius 2 is 1.76 bits per heavy atom. The predicted octanol–water partition coefficient (Wildman–Crippen LogP) is 3.31. The van der Waals surface area contributed by atoms with Crippen molar-refractivity contribution in [2.24, 2.45) is 5.92 Å². The van der Waals surface area contributed by atoms with E-state index in [1.54, 1.807) is 0 Å². The Balaban J connectivity index is 1.65. The summed E-state index contributed by atoms with van der Waals surface area (Å²) in [6, 6.07) is 9.09. The summed E-state index contributed by atoms with van der Waals surface area (Å²) in [4.78, 5) is 51.7. The van der Waals surface area contributed by atoms with Gasteiger partial charge in [-0.05, 0) is 35.9 Å². The number of hydrogen-bond acceptors (Lipinski definition) is 8. The van der Waals surface area contributed by atoms with Crippen molar-refractivity contribution in [2.45, 2.75) is 17.9 Å². The third-order valence-corrected chi connectivity index (χ3v) is 5.78. The molecule has 0 unspecified atom stereocenters. The minimum atomic E-state index is -5.43. The van der Waals surface area contributed by atoms with Crippen LogP contribution in [-0.2, 0) is 0 Å². The molecule has 196 valence electrons. The van der Waals surface area contributed by atoms with Crippen molar-refractivity contribution in [3.05, 3.63) is 99.9 Å². The van der Waals surface area contributed by atoms with Gasteiger partial charge in [0.2, 0.25) is 5.72 Å². The molecule has 0 radical (unpaired) electrons. The number of esters is 1. The molecule has 1 fully saturated rings. The number of nitro benzene ring substituents is 1. The molecule has 2 aromatic carbocycles. The second kappa shape index (κ2) is 9.89. The number of urea groups is 1. The Morgan fingerprint density at radius 1 is 1.08 bits per heavy atom. The number of non-ortho nitro benzene ring substituents is 1. The number of hydrogen-bond donors (Lipinski definition) is 3. The standard InChI is InChI=1S/C24H17F3N4O7/c25-24(26,27)23(35)18(20(32)15-4-2-10-28-12-15)19(29-22(34)30-23)13-6-8-17(9-7-13)38-21(33)14-3-1-5-16(11-14)31(36)37/h1-12,18-19,35H,(H2,29,30,34)/t18-,19+,23+/m0/s1. The number of nitrogens with one attached hydrogen (secondary N) is 2. The average molecular weight is 530 g/mol. The smallest absolute Gasteiger partial charge is 0.423 e. The summed E-state index contributed by atoms with van der Waals surface area (Å²) in [7, 11) is 0. The van der Waals surface area contributed by atoms with Gasteiger partial charge < -0.3 is 20.5 Å². The van der Waals surface area contributed by atoms with Gasteiger partial charge >= 0.3 is 18.2 Å². The van der Waals surface area contributed by atoms with Crippen LogP contribution in [0.25, 0.3) is 0 Å². The Labute approximate surface area is 211 Å². The lowest BCUT2D eigenvalue weighted by molar-refractivity contribution is -0.384. The summed E-state index contributed by atoms with van der Waals surface area (Å²) in [5, 5.41) is 25.2. The number of ketones is 1. The summed E-state index contributed by atoms with van der Waals surface area (Å²) in [6.07, 6.45) is -3.10. The first-order chi connectivity index (χ1) is 17.9. The van der Waals surface area contributed by atoms with Gasteiger partial charge in [-0.1, -0.05) is 18.2 Å². The highest BCUT2D eigenvalue weighted by molar-refractivity contribution is 6.00. The molecule has 1 aliphatic heterocycles. The van der Waals surface area contributed by atoms with Gasteiger partial charge in [-0.15, -0.1) is 0 Å². The minimum absolute atomic E-state index is 0.0140. The molecule has 1 aromatic heterocycles. The maximum Gasteiger partial charge on any atom is 0.437 e. The zero-order chi connectivity index (χ0) is 27.7. The SMILES string of the molecule is O=C1N[C@H](c2ccc(OC(=O)c3cccc([N+](=O)[O-])c3)cc2)[C@@H](C(=O)c2cccnc2)[C@@](O)(C(F)(F)F)N1. The van der Waals surface area contributed by atoms with Crippen LogP contribution >= 0.6 is 0 Å². The fourth-order valence-corrected chi connectivity index (χ4v) is 3.96. The van der Waals surface area contributed by atoms with Crippen LogP contribution in [-0.4, -0.2) is 44.7 Å². The van der Waals surface area contributed by atoms with Gasteiger partial charge in [0.25, 0.3) is 5.69 Å². The minimum Gasteiger partial charge on any atom is -0.423 e. The second-order valence-corrected chi connectivity index (χ2v) is 8.19. The normalized spacial score (nSPS) is 21.1. The third kappa shape index (κ3) is 5.01. The molecule has 3 aromatic rings. The number of carbonyl (C=O) groups excluding carboxylic acids is 3. The van der Waals surface area contributed by atoms with Crippen molar-refractivity contribution >= 4 is 23.5 Å². The first-order valence-electron chi connectivity index (χ1n) is 10.8. The molecule has 2 heterocycles. The number of pyridine rings is 1. The lowest BCUT2D eigenvalue weighted by atomic mass is 9.77. The van der Waals surface area contributed by atoms with E-state index in [-0.39, 0.29) is 28.1 Å². The van der Waals surface area contributed by atoms with Crippen molar-refractivity contribution in [3.63, 3.8) is 0 Å². The fourth-order valence-electron chi connectivity index (χ4n) is 3.96. The Kier molecular flexibility index (Phi) is 6.83. The van der Waals surface area contributed by atoms with Crippen LogP contribution in [0, 0.1) is 16.0 Å². The maximum absolute atomic E-state index is 14.0. The number of nitrogens with zero attached hydrogens (tertiary/aromatic N) is 2. The van der Waals surface area contributed by atoms with E-state index in [9.17, 15) is 42.8 Å². The molecule has 0 bridgehead atoms. The van der Waals surface area contributed by atoms with E-state index in [0.29, 0.717) is 0 Å². The predicted molar refractivity (Wildman–Crippen MR) is 122 cm³/mol. The van der Waals surface area contributed by atoms with Crippen LogP contribution in [0.1, 0.15) is 32.3 Å². The van der Waals surface area contributed by atoms with E-state index >= 15 is 0 Å². The molecule has 11 nitrogen and oxygen atoms in total. The number of carbonyl (C=O) groups is 3. The van der Waals surface area contributed by atoms with E-state index in [4.69, 9.17) is 4.74 Å². The molecule has 1 aliphatic rings. The Hall–Kier alpha value is -4.85. The number of Topliss-reactive ketones (excluding diaryl/α,β-unsaturated/α-hetero) is 1. The molecule has 0 aliphatic carbocycles. The van der Waals surface area contributed by atoms with Gasteiger partial charge in [-0.3, -0.25) is 19.9 Å². The largest absolute Gasteiger partial charge is 0.437 e. The van der Waals surface area contributed by atoms with E-state index in [0.717, 1.165) is 12.3 Å². The first kappa shape index (κ1) is 26.2. The zero-order valence-electron chi connectivity index (χ0n) is 19.0. The number of ether oxygens (including phenoxy) is 1. The number of benzene rings is 2. The van der Waals surface area contributed by atoms with Gasteiger partial charge in [-0.2, -0.15) is 13.2 Å². The molecular formula is C24H17F3N4O7. The second-order valence-electron chi connectivity index (χ2n) is 8.19. The van der Waals surface area contributed by atoms with E-state index in [1.165, 1.54) is 66.1 Å². The van der Waals surface area contributed by atoms with Gasteiger partial charge in [-0.25, -0.2) is 9.59 Å². The van der Waals surface area contributed by atoms with Crippen molar-refractivity contribution in [1.29, 1.82) is 0 Å². The maximum atomic E-state index is 14.0. The number of halogens is 3. The van der Waals surface area contributed by atoms with E-state index in [1.807, 2.05) is 0 Å². The average Bonchev–Trinajstić information content (AvgIpc) is 2.88. The Morgan fingerprint density at radius 3 is 2.37 bits per heavy atom. The molecule has 3 N–H and O–H groups in total. The summed E-state index contributed by atoms with van der Waals surface area (Å²) in [6.45, 7) is 0. The molecule has 4 rings (SSSR count). The molecule has 3 atom stereocenters. The summed E-state index contributed by atoms with van der Waals surface area (Å²) >= 11 is 0. The first-order valence-corrected chi connectivity index (χ1v) is 10.8. The van der Waals surface area contributed by atoms with Gasteiger partial charge in [0, 0.05) is 30.1 Å². The number of nitro groups is 1. The number of alkyl halides is 3. The number of rotatable bonds is 6. The molecule has 1 saturated heterocycles. The van der Waals surface area contributed by atoms with Gasteiger partial charge in [0.1, 0.15) is 11.7 Å². The zero-order valence-corrected chi connectivity index (χ0v) is 19.0. The topological polar surface area (TPSA) is 161 Å². The van der Waals surface area contributed by atoms with Crippen LogP contribution in [0.3, 0.4) is 0 Å². The molecule has 14 heteroatoms. The highest BCUT2D eigenvalue weighted by Gasteiger charge is 2.66. The van der Waals surface area contributed by atoms with E-state index < -0.39 is 46.6 Å². The summed E-state index contributed by atoms with van der Waals surface area (Å²) < 4.78 is 47.2. The van der Waals surface area contributed by atoms with Crippen LogP contribution in [0.15, 0.2) is 73.1 Å². The van der Waals surface area contributed by atoms with Crippen molar-refractivity contribution < 1.29 is 42.3 Å². The fraction of sp³-hybridized carbons (Fsp3) is 0.167. The van der Waals surface area contributed by atoms with E-state index in [2.05, 4.69) is 10.3 Å². The lowest BCUT2D eigenvalue weighted by Gasteiger charge is -2.45. The highest BCUT2D eigenvalue weighted by atomic mass is 19.4. The van der Waals surface area contributed by atoms with Crippen molar-refractivity contribution in [3.8, 4) is 5.75 Å². The van der Waals surface area contributed by atoms with Crippen LogP contribution in [0.2, 0.25) is 0 Å². The summed E-state index contributed by atoms with van der Waals surface area (Å²) in [5.74, 6) is -4.42. The number of aromatic nitrogens is 1. The molecule has 2 amide bonds. The van der Waals surface area contributed by atoms with Gasteiger partial charge in [0.15, 0.2) is 5.78 Å². The number of aliphatic hydroxyl groups is 1. The van der Waals surface area contributed by atoms with Crippen LogP contribution in [0.5, 0.6) is 5.75 Å². The third-order valence-electron chi connectivity index (χ3n) is 5.78. The van der Waals surface area contributed by atoms with Crippen LogP contribution < -0.4 is 15.4 Å².